The summed E-state index contributed by atoms with van der Waals surface area (Å²) in [5.41, 5.74) is 0.580. The van der Waals surface area contributed by atoms with Gasteiger partial charge < -0.3 is 14.7 Å². The van der Waals surface area contributed by atoms with Gasteiger partial charge in [-0.3, -0.25) is 9.59 Å². The Bertz CT molecular complexity index is 565. The lowest BCUT2D eigenvalue weighted by atomic mass is 10.0. The fourth-order valence-corrected chi connectivity index (χ4v) is 2.91. The molecule has 5 nitrogen and oxygen atoms in total. The summed E-state index contributed by atoms with van der Waals surface area (Å²) in [4.78, 5) is 25.3. The molecular formula is C17H21NO4. The molecule has 2 aliphatic rings. The van der Waals surface area contributed by atoms with Crippen LogP contribution in [0.15, 0.2) is 24.3 Å². The molecule has 1 aromatic carbocycles. The molecule has 22 heavy (non-hydrogen) atoms. The van der Waals surface area contributed by atoms with Gasteiger partial charge in [-0.05, 0) is 56.4 Å². The van der Waals surface area contributed by atoms with Crippen molar-refractivity contribution in [3.05, 3.63) is 29.8 Å². The third-order valence-electron chi connectivity index (χ3n) is 4.62. The van der Waals surface area contributed by atoms with E-state index in [-0.39, 0.29) is 11.9 Å². The van der Waals surface area contributed by atoms with Crippen LogP contribution in [-0.2, 0) is 4.79 Å². The Morgan fingerprint density at radius 1 is 1.23 bits per heavy atom. The zero-order valence-corrected chi connectivity index (χ0v) is 12.7. The van der Waals surface area contributed by atoms with Crippen molar-refractivity contribution in [3.8, 4) is 5.75 Å². The van der Waals surface area contributed by atoms with Gasteiger partial charge in [-0.1, -0.05) is 0 Å². The largest absolute Gasteiger partial charge is 0.493 e. The summed E-state index contributed by atoms with van der Waals surface area (Å²) < 4.78 is 5.66. The minimum absolute atomic E-state index is 0.106. The molecule has 2 atom stereocenters. The van der Waals surface area contributed by atoms with Gasteiger partial charge in [0.1, 0.15) is 5.75 Å². The van der Waals surface area contributed by atoms with Crippen molar-refractivity contribution in [1.82, 2.24) is 4.90 Å². The lowest BCUT2D eigenvalue weighted by Crippen LogP contribution is -2.37. The standard InChI is InChI=1S/C17H21NO4/c1-11-15(17(20)21)8-9-18(11)16(19)13-4-6-14(7-5-13)22-10-12-2-3-12/h4-7,11-12,15H,2-3,8-10H2,1H3,(H,20,21). The second-order valence-corrected chi connectivity index (χ2v) is 6.25. The third-order valence-corrected chi connectivity index (χ3v) is 4.62. The number of amides is 1. The van der Waals surface area contributed by atoms with Crippen LogP contribution in [0.5, 0.6) is 5.75 Å². The summed E-state index contributed by atoms with van der Waals surface area (Å²) in [6.45, 7) is 3.05. The highest BCUT2D eigenvalue weighted by Gasteiger charge is 2.38. The first-order valence-corrected chi connectivity index (χ1v) is 7.83. The number of carboxylic acids is 1. The zero-order chi connectivity index (χ0) is 15.7. The average Bonchev–Trinajstić information content (AvgIpc) is 3.26. The molecule has 0 aromatic heterocycles. The van der Waals surface area contributed by atoms with Crippen LogP contribution in [0.25, 0.3) is 0 Å². The highest BCUT2D eigenvalue weighted by molar-refractivity contribution is 5.95. The highest BCUT2D eigenvalue weighted by Crippen LogP contribution is 2.30. The number of carboxylic acid groups (broad SMARTS) is 1. The van der Waals surface area contributed by atoms with Crippen LogP contribution in [0.1, 0.15) is 36.5 Å². The second kappa shape index (κ2) is 5.99. The summed E-state index contributed by atoms with van der Waals surface area (Å²) in [6, 6.07) is 6.86. The van der Waals surface area contributed by atoms with Crippen molar-refractivity contribution < 1.29 is 19.4 Å². The maximum Gasteiger partial charge on any atom is 0.308 e. The highest BCUT2D eigenvalue weighted by atomic mass is 16.5. The Morgan fingerprint density at radius 3 is 2.45 bits per heavy atom. The minimum atomic E-state index is -0.827. The fraction of sp³-hybridized carbons (Fsp3) is 0.529. The molecule has 3 rings (SSSR count). The van der Waals surface area contributed by atoms with Gasteiger partial charge in [0.05, 0.1) is 12.5 Å². The number of likely N-dealkylation sites (tertiary alicyclic amines) is 1. The molecule has 5 heteroatoms. The first-order valence-electron chi connectivity index (χ1n) is 7.83. The SMILES string of the molecule is CC1C(C(=O)O)CCN1C(=O)c1ccc(OCC2CC2)cc1. The Kier molecular flexibility index (Phi) is 4.05. The number of aliphatic carboxylic acids is 1. The van der Waals surface area contributed by atoms with Crippen molar-refractivity contribution in [2.24, 2.45) is 11.8 Å². The molecule has 1 N–H and O–H groups in total. The number of hydrogen-bond donors (Lipinski definition) is 1. The van der Waals surface area contributed by atoms with Crippen LogP contribution in [0, 0.1) is 11.8 Å². The van der Waals surface area contributed by atoms with E-state index >= 15 is 0 Å². The first-order chi connectivity index (χ1) is 10.6. The molecule has 1 saturated carbocycles. The van der Waals surface area contributed by atoms with Crippen LogP contribution in [0.2, 0.25) is 0 Å². The predicted molar refractivity (Wildman–Crippen MR) is 80.9 cm³/mol. The van der Waals surface area contributed by atoms with Crippen molar-refractivity contribution >= 4 is 11.9 Å². The van der Waals surface area contributed by atoms with Gasteiger partial charge in [0, 0.05) is 18.2 Å². The molecular weight excluding hydrogens is 282 g/mol. The zero-order valence-electron chi connectivity index (χ0n) is 12.7. The Balaban J connectivity index is 1.63. The molecule has 1 aliphatic heterocycles. The summed E-state index contributed by atoms with van der Waals surface area (Å²) in [5, 5.41) is 9.14. The van der Waals surface area contributed by atoms with E-state index in [2.05, 4.69) is 0 Å². The van der Waals surface area contributed by atoms with Crippen molar-refractivity contribution in [2.75, 3.05) is 13.2 Å². The molecule has 2 unspecified atom stereocenters. The van der Waals surface area contributed by atoms with E-state index in [4.69, 9.17) is 9.84 Å². The summed E-state index contributed by atoms with van der Waals surface area (Å²) >= 11 is 0. The predicted octanol–water partition coefficient (Wildman–Crippen LogP) is 2.41. The molecule has 118 valence electrons. The van der Waals surface area contributed by atoms with E-state index in [1.54, 1.807) is 24.0 Å². The number of ether oxygens (including phenoxy) is 1. The topological polar surface area (TPSA) is 66.8 Å². The molecule has 1 aromatic rings. The molecule has 0 spiro atoms. The number of benzene rings is 1. The van der Waals surface area contributed by atoms with Gasteiger partial charge in [-0.25, -0.2) is 0 Å². The van der Waals surface area contributed by atoms with Crippen LogP contribution < -0.4 is 4.74 Å². The Morgan fingerprint density at radius 2 is 1.91 bits per heavy atom. The van der Waals surface area contributed by atoms with Crippen molar-refractivity contribution in [3.63, 3.8) is 0 Å². The van der Waals surface area contributed by atoms with Gasteiger partial charge in [-0.15, -0.1) is 0 Å². The van der Waals surface area contributed by atoms with E-state index in [0.717, 1.165) is 12.4 Å². The van der Waals surface area contributed by atoms with E-state index in [0.29, 0.717) is 24.4 Å². The van der Waals surface area contributed by atoms with Gasteiger partial charge in [0.25, 0.3) is 5.91 Å². The fourth-order valence-electron chi connectivity index (χ4n) is 2.91. The number of rotatable bonds is 5. The van der Waals surface area contributed by atoms with Crippen molar-refractivity contribution in [2.45, 2.75) is 32.2 Å². The van der Waals surface area contributed by atoms with Gasteiger partial charge >= 0.3 is 5.97 Å². The Labute approximate surface area is 129 Å². The van der Waals surface area contributed by atoms with Gasteiger partial charge in [0.15, 0.2) is 0 Å². The maximum atomic E-state index is 12.5. The number of hydrogen-bond acceptors (Lipinski definition) is 3. The van der Waals surface area contributed by atoms with E-state index in [1.807, 2.05) is 12.1 Å². The molecule has 1 aliphatic carbocycles. The third kappa shape index (κ3) is 3.08. The van der Waals surface area contributed by atoms with E-state index in [9.17, 15) is 9.59 Å². The minimum Gasteiger partial charge on any atom is -0.493 e. The molecule has 0 radical (unpaired) electrons. The quantitative estimate of drug-likeness (QED) is 0.907. The smallest absolute Gasteiger partial charge is 0.308 e. The van der Waals surface area contributed by atoms with Crippen LogP contribution in [-0.4, -0.2) is 41.1 Å². The van der Waals surface area contributed by atoms with Crippen LogP contribution in [0.4, 0.5) is 0 Å². The van der Waals surface area contributed by atoms with Gasteiger partial charge in [0.2, 0.25) is 0 Å². The van der Waals surface area contributed by atoms with Crippen molar-refractivity contribution in [1.29, 1.82) is 0 Å². The summed E-state index contributed by atoms with van der Waals surface area (Å²) in [6.07, 6.45) is 3.01. The monoisotopic (exact) mass is 303 g/mol. The van der Waals surface area contributed by atoms with Crippen LogP contribution >= 0.6 is 0 Å². The maximum absolute atomic E-state index is 12.5. The number of carbonyl (C=O) groups excluding carboxylic acids is 1. The lowest BCUT2D eigenvalue weighted by molar-refractivity contribution is -0.142. The molecule has 1 amide bonds. The van der Waals surface area contributed by atoms with E-state index < -0.39 is 11.9 Å². The summed E-state index contributed by atoms with van der Waals surface area (Å²) in [7, 11) is 0. The molecule has 1 heterocycles. The van der Waals surface area contributed by atoms with Gasteiger partial charge in [-0.2, -0.15) is 0 Å². The average molecular weight is 303 g/mol. The molecule has 1 saturated heterocycles. The van der Waals surface area contributed by atoms with E-state index in [1.165, 1.54) is 12.8 Å². The number of carbonyl (C=O) groups is 2. The van der Waals surface area contributed by atoms with Crippen LogP contribution in [0.3, 0.4) is 0 Å². The summed E-state index contributed by atoms with van der Waals surface area (Å²) in [5.74, 6) is 0.0720. The lowest BCUT2D eigenvalue weighted by Gasteiger charge is -2.23. The molecule has 0 bridgehead atoms. The Hall–Kier alpha value is -2.04. The number of nitrogens with zero attached hydrogens (tertiary/aromatic N) is 1. The first kappa shape index (κ1) is 14.9. The second-order valence-electron chi connectivity index (χ2n) is 6.25. The normalized spacial score (nSPS) is 24.3. The molecule has 2 fully saturated rings.